The maximum Gasteiger partial charge on any atom is 0.263 e. The SMILES string of the molecule is O=C(c1cc2ccccc2s1)N1CCC(n2ccnn2)CC1. The van der Waals surface area contributed by atoms with Crippen LogP contribution < -0.4 is 0 Å². The van der Waals surface area contributed by atoms with Crippen LogP contribution in [-0.2, 0) is 0 Å². The highest BCUT2D eigenvalue weighted by Crippen LogP contribution is 2.28. The smallest absolute Gasteiger partial charge is 0.263 e. The highest BCUT2D eigenvalue weighted by Gasteiger charge is 2.25. The van der Waals surface area contributed by atoms with Crippen molar-refractivity contribution in [1.82, 2.24) is 19.9 Å². The molecule has 5 nitrogen and oxygen atoms in total. The molecule has 0 bridgehead atoms. The van der Waals surface area contributed by atoms with Gasteiger partial charge in [0.1, 0.15) is 0 Å². The van der Waals surface area contributed by atoms with E-state index in [2.05, 4.69) is 22.4 Å². The third-order valence-electron chi connectivity index (χ3n) is 4.20. The third kappa shape index (κ3) is 2.39. The number of hydrogen-bond acceptors (Lipinski definition) is 4. The number of carbonyl (C=O) groups excluding carboxylic acids is 1. The van der Waals surface area contributed by atoms with Crippen LogP contribution in [-0.4, -0.2) is 38.9 Å². The van der Waals surface area contributed by atoms with Gasteiger partial charge in [0.15, 0.2) is 0 Å². The average molecular weight is 312 g/mol. The number of likely N-dealkylation sites (tertiary alicyclic amines) is 1. The van der Waals surface area contributed by atoms with Crippen molar-refractivity contribution in [2.45, 2.75) is 18.9 Å². The van der Waals surface area contributed by atoms with E-state index in [1.54, 1.807) is 17.5 Å². The van der Waals surface area contributed by atoms with Crippen molar-refractivity contribution < 1.29 is 4.79 Å². The molecule has 0 atom stereocenters. The number of nitrogens with zero attached hydrogens (tertiary/aromatic N) is 4. The molecular weight excluding hydrogens is 296 g/mol. The van der Waals surface area contributed by atoms with Crippen molar-refractivity contribution in [3.63, 3.8) is 0 Å². The number of carbonyl (C=O) groups is 1. The Bertz CT molecular complexity index is 754. The lowest BCUT2D eigenvalue weighted by molar-refractivity contribution is 0.0694. The Morgan fingerprint density at radius 3 is 2.77 bits per heavy atom. The van der Waals surface area contributed by atoms with Crippen molar-refractivity contribution in [3.05, 3.63) is 47.6 Å². The summed E-state index contributed by atoms with van der Waals surface area (Å²) in [4.78, 5) is 15.5. The van der Waals surface area contributed by atoms with Crippen molar-refractivity contribution in [2.75, 3.05) is 13.1 Å². The van der Waals surface area contributed by atoms with E-state index in [4.69, 9.17) is 0 Å². The minimum atomic E-state index is 0.151. The normalized spacial score (nSPS) is 16.3. The molecule has 1 amide bonds. The van der Waals surface area contributed by atoms with Crippen LogP contribution in [0.3, 0.4) is 0 Å². The van der Waals surface area contributed by atoms with Crippen molar-refractivity contribution in [1.29, 1.82) is 0 Å². The van der Waals surface area contributed by atoms with Gasteiger partial charge in [-0.05, 0) is 30.4 Å². The molecule has 0 unspecified atom stereocenters. The Labute approximate surface area is 132 Å². The number of benzene rings is 1. The zero-order valence-corrected chi connectivity index (χ0v) is 12.9. The molecule has 0 aliphatic carbocycles. The average Bonchev–Trinajstić information content (AvgIpc) is 3.23. The lowest BCUT2D eigenvalue weighted by Crippen LogP contribution is -2.38. The summed E-state index contributed by atoms with van der Waals surface area (Å²) in [7, 11) is 0. The molecule has 6 heteroatoms. The molecule has 22 heavy (non-hydrogen) atoms. The molecule has 0 saturated carbocycles. The second-order valence-electron chi connectivity index (χ2n) is 5.55. The predicted octanol–water partition coefficient (Wildman–Crippen LogP) is 2.97. The van der Waals surface area contributed by atoms with Gasteiger partial charge in [0, 0.05) is 24.0 Å². The van der Waals surface area contributed by atoms with Gasteiger partial charge in [0.05, 0.1) is 17.1 Å². The molecule has 3 aromatic rings. The van der Waals surface area contributed by atoms with Gasteiger partial charge >= 0.3 is 0 Å². The van der Waals surface area contributed by atoms with E-state index in [-0.39, 0.29) is 5.91 Å². The topological polar surface area (TPSA) is 51.0 Å². The number of aromatic nitrogens is 3. The minimum absolute atomic E-state index is 0.151. The zero-order valence-electron chi connectivity index (χ0n) is 12.1. The van der Waals surface area contributed by atoms with Crippen LogP contribution in [0.15, 0.2) is 42.7 Å². The van der Waals surface area contributed by atoms with E-state index in [1.165, 1.54) is 4.70 Å². The van der Waals surface area contributed by atoms with E-state index >= 15 is 0 Å². The van der Waals surface area contributed by atoms with Gasteiger partial charge in [-0.15, -0.1) is 16.4 Å². The summed E-state index contributed by atoms with van der Waals surface area (Å²) >= 11 is 1.58. The minimum Gasteiger partial charge on any atom is -0.338 e. The maximum absolute atomic E-state index is 12.7. The Balaban J connectivity index is 1.47. The quantitative estimate of drug-likeness (QED) is 0.731. The van der Waals surface area contributed by atoms with Gasteiger partial charge < -0.3 is 4.90 Å². The first-order chi connectivity index (χ1) is 10.8. The zero-order chi connectivity index (χ0) is 14.9. The Hall–Kier alpha value is -2.21. The summed E-state index contributed by atoms with van der Waals surface area (Å²) < 4.78 is 3.07. The van der Waals surface area contributed by atoms with Gasteiger partial charge in [-0.1, -0.05) is 23.4 Å². The van der Waals surface area contributed by atoms with E-state index in [0.717, 1.165) is 36.2 Å². The fraction of sp³-hybridized carbons (Fsp3) is 0.312. The summed E-state index contributed by atoms with van der Waals surface area (Å²) in [6, 6.07) is 10.5. The summed E-state index contributed by atoms with van der Waals surface area (Å²) in [5, 5.41) is 9.07. The summed E-state index contributed by atoms with van der Waals surface area (Å²) in [5.74, 6) is 0.151. The van der Waals surface area contributed by atoms with Crippen LogP contribution in [0.25, 0.3) is 10.1 Å². The van der Waals surface area contributed by atoms with Gasteiger partial charge in [0.2, 0.25) is 0 Å². The van der Waals surface area contributed by atoms with E-state index in [0.29, 0.717) is 6.04 Å². The number of rotatable bonds is 2. The Morgan fingerprint density at radius 2 is 2.05 bits per heavy atom. The highest BCUT2D eigenvalue weighted by atomic mass is 32.1. The Kier molecular flexibility index (Phi) is 3.38. The molecule has 1 fully saturated rings. The number of hydrogen-bond donors (Lipinski definition) is 0. The lowest BCUT2D eigenvalue weighted by atomic mass is 10.1. The lowest BCUT2D eigenvalue weighted by Gasteiger charge is -2.31. The number of amides is 1. The second kappa shape index (κ2) is 5.53. The first-order valence-corrected chi connectivity index (χ1v) is 8.26. The molecular formula is C16H16N4OS. The molecule has 0 radical (unpaired) electrons. The van der Waals surface area contributed by atoms with E-state index < -0.39 is 0 Å². The first-order valence-electron chi connectivity index (χ1n) is 7.45. The van der Waals surface area contributed by atoms with Crippen LogP contribution in [0, 0.1) is 0 Å². The van der Waals surface area contributed by atoms with Gasteiger partial charge in [0.25, 0.3) is 5.91 Å². The van der Waals surface area contributed by atoms with Crippen LogP contribution in [0.4, 0.5) is 0 Å². The van der Waals surface area contributed by atoms with Crippen LogP contribution in [0.1, 0.15) is 28.6 Å². The summed E-state index contributed by atoms with van der Waals surface area (Å²) in [5.41, 5.74) is 0. The van der Waals surface area contributed by atoms with Gasteiger partial charge in [-0.25, -0.2) is 4.68 Å². The molecule has 1 aliphatic rings. The third-order valence-corrected chi connectivity index (χ3v) is 5.31. The van der Waals surface area contributed by atoms with Crippen molar-refractivity contribution >= 4 is 27.3 Å². The Morgan fingerprint density at radius 1 is 1.23 bits per heavy atom. The molecule has 4 rings (SSSR count). The van der Waals surface area contributed by atoms with Crippen LogP contribution in [0.5, 0.6) is 0 Å². The largest absolute Gasteiger partial charge is 0.338 e. The number of thiophene rings is 1. The molecule has 3 heterocycles. The number of piperidine rings is 1. The van der Waals surface area contributed by atoms with Crippen LogP contribution >= 0.6 is 11.3 Å². The van der Waals surface area contributed by atoms with E-state index in [9.17, 15) is 4.79 Å². The second-order valence-corrected chi connectivity index (χ2v) is 6.64. The molecule has 2 aromatic heterocycles. The molecule has 1 aliphatic heterocycles. The molecule has 112 valence electrons. The van der Waals surface area contributed by atoms with Gasteiger partial charge in [-0.3, -0.25) is 4.79 Å². The first kappa shape index (κ1) is 13.5. The molecule has 0 spiro atoms. The predicted molar refractivity (Wildman–Crippen MR) is 86.0 cm³/mol. The summed E-state index contributed by atoms with van der Waals surface area (Å²) in [6.07, 6.45) is 5.46. The molecule has 0 N–H and O–H groups in total. The molecule has 1 aromatic carbocycles. The molecule has 1 saturated heterocycles. The van der Waals surface area contributed by atoms with Crippen molar-refractivity contribution in [2.24, 2.45) is 0 Å². The monoisotopic (exact) mass is 312 g/mol. The highest BCUT2D eigenvalue weighted by molar-refractivity contribution is 7.20. The fourth-order valence-electron chi connectivity index (χ4n) is 2.99. The van der Waals surface area contributed by atoms with Gasteiger partial charge in [-0.2, -0.15) is 0 Å². The number of fused-ring (bicyclic) bond motifs is 1. The fourth-order valence-corrected chi connectivity index (χ4v) is 4.02. The van der Waals surface area contributed by atoms with Crippen molar-refractivity contribution in [3.8, 4) is 0 Å². The standard InChI is InChI=1S/C16H16N4OS/c21-16(15-11-12-3-1-2-4-14(12)22-15)19-8-5-13(6-9-19)20-10-7-17-18-20/h1-4,7,10-11,13H,5-6,8-9H2. The maximum atomic E-state index is 12.7. The summed E-state index contributed by atoms with van der Waals surface area (Å²) in [6.45, 7) is 1.55. The van der Waals surface area contributed by atoms with Crippen LogP contribution in [0.2, 0.25) is 0 Å². The van der Waals surface area contributed by atoms with E-state index in [1.807, 2.05) is 34.0 Å².